The minimum absolute atomic E-state index is 0.212. The largest absolute Gasteiger partial charge is 0.325 e. The Morgan fingerprint density at radius 1 is 1.05 bits per heavy atom. The number of nitrogens with two attached hydrogens (primary N) is 1. The highest BCUT2D eigenvalue weighted by Crippen LogP contribution is 2.19. The van der Waals surface area contributed by atoms with Crippen LogP contribution >= 0.6 is 15.9 Å². The van der Waals surface area contributed by atoms with Gasteiger partial charge >= 0.3 is 0 Å². The molecule has 1 nitrogen and oxygen atoms in total. The molecule has 100 valence electrons. The number of hydrogen-bond donors (Lipinski definition) is 1. The van der Waals surface area contributed by atoms with Crippen LogP contribution in [-0.2, 0) is 12.8 Å². The number of rotatable bonds is 4. The topological polar surface area (TPSA) is 26.0 Å². The second-order valence-electron chi connectivity index (χ2n) is 5.27. The van der Waals surface area contributed by atoms with E-state index < -0.39 is 5.54 Å². The first-order valence-corrected chi connectivity index (χ1v) is 7.02. The van der Waals surface area contributed by atoms with Crippen molar-refractivity contribution in [3.05, 3.63) is 69.9 Å². The summed E-state index contributed by atoms with van der Waals surface area (Å²) in [6.45, 7) is 2.00. The first-order valence-electron chi connectivity index (χ1n) is 6.22. The van der Waals surface area contributed by atoms with E-state index in [1.807, 2.05) is 25.1 Å². The van der Waals surface area contributed by atoms with Crippen molar-refractivity contribution >= 4 is 15.9 Å². The third-order valence-electron chi connectivity index (χ3n) is 2.99. The quantitative estimate of drug-likeness (QED) is 0.901. The van der Waals surface area contributed by atoms with Crippen molar-refractivity contribution in [1.82, 2.24) is 0 Å². The molecule has 0 heterocycles. The lowest BCUT2D eigenvalue weighted by molar-refractivity contribution is 0.461. The lowest BCUT2D eigenvalue weighted by Gasteiger charge is -2.25. The molecule has 0 spiro atoms. The van der Waals surface area contributed by atoms with Gasteiger partial charge in [-0.2, -0.15) is 0 Å². The van der Waals surface area contributed by atoms with Gasteiger partial charge in [-0.3, -0.25) is 0 Å². The summed E-state index contributed by atoms with van der Waals surface area (Å²) < 4.78 is 14.2. The van der Waals surface area contributed by atoms with E-state index in [-0.39, 0.29) is 5.82 Å². The van der Waals surface area contributed by atoms with Crippen molar-refractivity contribution in [3.8, 4) is 0 Å². The van der Waals surface area contributed by atoms with E-state index in [2.05, 4.69) is 28.1 Å². The monoisotopic (exact) mass is 321 g/mol. The van der Waals surface area contributed by atoms with E-state index in [9.17, 15) is 4.39 Å². The van der Waals surface area contributed by atoms with E-state index >= 15 is 0 Å². The van der Waals surface area contributed by atoms with E-state index in [1.165, 1.54) is 11.6 Å². The normalized spacial score (nSPS) is 14.1. The molecule has 0 amide bonds. The Balaban J connectivity index is 2.10. The Bertz CT molecular complexity index is 517. The summed E-state index contributed by atoms with van der Waals surface area (Å²) in [5, 5.41) is 0. The van der Waals surface area contributed by atoms with Gasteiger partial charge in [0, 0.05) is 10.0 Å². The van der Waals surface area contributed by atoms with Crippen molar-refractivity contribution in [1.29, 1.82) is 0 Å². The molecule has 1 atom stereocenters. The van der Waals surface area contributed by atoms with Crippen LogP contribution in [0.25, 0.3) is 0 Å². The zero-order valence-electron chi connectivity index (χ0n) is 10.9. The second kappa shape index (κ2) is 5.85. The number of benzene rings is 2. The lowest BCUT2D eigenvalue weighted by atomic mass is 9.87. The zero-order chi connectivity index (χ0) is 13.9. The fourth-order valence-corrected chi connectivity index (χ4v) is 2.74. The van der Waals surface area contributed by atoms with E-state index in [0.717, 1.165) is 16.5 Å². The fraction of sp³-hybridized carbons (Fsp3) is 0.250. The van der Waals surface area contributed by atoms with E-state index in [0.29, 0.717) is 6.42 Å². The van der Waals surface area contributed by atoms with Gasteiger partial charge < -0.3 is 5.73 Å². The maximum Gasteiger partial charge on any atom is 0.123 e. The summed E-state index contributed by atoms with van der Waals surface area (Å²) in [4.78, 5) is 0. The van der Waals surface area contributed by atoms with Crippen molar-refractivity contribution in [2.24, 2.45) is 5.73 Å². The second-order valence-corrected chi connectivity index (χ2v) is 6.18. The highest BCUT2D eigenvalue weighted by atomic mass is 79.9. The highest BCUT2D eigenvalue weighted by Gasteiger charge is 2.20. The summed E-state index contributed by atoms with van der Waals surface area (Å²) in [7, 11) is 0. The number of hydrogen-bond acceptors (Lipinski definition) is 1. The molecule has 0 aliphatic rings. The molecule has 2 N–H and O–H groups in total. The van der Waals surface area contributed by atoms with Crippen LogP contribution in [-0.4, -0.2) is 5.54 Å². The first-order chi connectivity index (χ1) is 8.94. The highest BCUT2D eigenvalue weighted by molar-refractivity contribution is 9.10. The summed E-state index contributed by atoms with van der Waals surface area (Å²) in [5.74, 6) is -0.212. The van der Waals surface area contributed by atoms with Crippen LogP contribution in [0.4, 0.5) is 4.39 Å². The van der Waals surface area contributed by atoms with E-state index in [4.69, 9.17) is 5.73 Å². The van der Waals surface area contributed by atoms with Crippen LogP contribution in [0.3, 0.4) is 0 Å². The predicted molar refractivity (Wildman–Crippen MR) is 80.5 cm³/mol. The Kier molecular flexibility index (Phi) is 4.38. The molecule has 19 heavy (non-hydrogen) atoms. The maximum atomic E-state index is 13.2. The molecule has 0 aliphatic carbocycles. The molecule has 0 radical (unpaired) electrons. The van der Waals surface area contributed by atoms with Crippen LogP contribution in [0, 0.1) is 5.82 Å². The Labute approximate surface area is 121 Å². The number of halogens is 2. The third kappa shape index (κ3) is 4.44. The Hall–Kier alpha value is -1.19. The molecule has 2 rings (SSSR count). The molecular weight excluding hydrogens is 305 g/mol. The molecular formula is C16H17BrFN. The maximum absolute atomic E-state index is 13.2. The van der Waals surface area contributed by atoms with Crippen molar-refractivity contribution in [2.45, 2.75) is 25.3 Å². The minimum Gasteiger partial charge on any atom is -0.325 e. The standard InChI is InChI=1S/C16H17BrFN/c1-16(19,10-12-4-2-6-14(17)8-12)11-13-5-3-7-15(18)9-13/h2-9H,10-11,19H2,1H3. The van der Waals surface area contributed by atoms with Gasteiger partial charge in [-0.15, -0.1) is 0 Å². The SMILES string of the molecule is CC(N)(Cc1cccc(F)c1)Cc1cccc(Br)c1. The van der Waals surface area contributed by atoms with Gasteiger partial charge in [0.05, 0.1) is 0 Å². The van der Waals surface area contributed by atoms with Crippen LogP contribution in [0.5, 0.6) is 0 Å². The minimum atomic E-state index is -0.394. The molecule has 2 aromatic rings. The average Bonchev–Trinajstić information content (AvgIpc) is 2.27. The summed E-state index contributed by atoms with van der Waals surface area (Å²) in [6, 6.07) is 14.7. The van der Waals surface area contributed by atoms with Gasteiger partial charge in [-0.05, 0) is 55.2 Å². The lowest BCUT2D eigenvalue weighted by Crippen LogP contribution is -2.40. The molecule has 1 unspecified atom stereocenters. The van der Waals surface area contributed by atoms with Gasteiger partial charge in [0.25, 0.3) is 0 Å². The molecule has 0 saturated carbocycles. The molecule has 0 aromatic heterocycles. The molecule has 2 aromatic carbocycles. The predicted octanol–water partition coefficient (Wildman–Crippen LogP) is 4.09. The fourth-order valence-electron chi connectivity index (χ4n) is 2.29. The van der Waals surface area contributed by atoms with Gasteiger partial charge in [0.2, 0.25) is 0 Å². The third-order valence-corrected chi connectivity index (χ3v) is 3.49. The van der Waals surface area contributed by atoms with Gasteiger partial charge in [0.1, 0.15) is 5.82 Å². The molecule has 3 heteroatoms. The molecule has 0 saturated heterocycles. The molecule has 0 bridgehead atoms. The van der Waals surface area contributed by atoms with Crippen molar-refractivity contribution in [3.63, 3.8) is 0 Å². The van der Waals surface area contributed by atoms with Crippen molar-refractivity contribution in [2.75, 3.05) is 0 Å². The van der Waals surface area contributed by atoms with Gasteiger partial charge in [-0.1, -0.05) is 40.2 Å². The zero-order valence-corrected chi connectivity index (χ0v) is 12.5. The van der Waals surface area contributed by atoms with Crippen LogP contribution in [0.15, 0.2) is 53.0 Å². The Morgan fingerprint density at radius 3 is 2.21 bits per heavy atom. The smallest absolute Gasteiger partial charge is 0.123 e. The van der Waals surface area contributed by atoms with Crippen LogP contribution in [0.2, 0.25) is 0 Å². The summed E-state index contributed by atoms with van der Waals surface area (Å²) in [6.07, 6.45) is 1.40. The van der Waals surface area contributed by atoms with E-state index in [1.54, 1.807) is 12.1 Å². The Morgan fingerprint density at radius 2 is 1.63 bits per heavy atom. The van der Waals surface area contributed by atoms with Crippen LogP contribution < -0.4 is 5.73 Å². The van der Waals surface area contributed by atoms with Crippen LogP contribution in [0.1, 0.15) is 18.1 Å². The average molecular weight is 322 g/mol. The van der Waals surface area contributed by atoms with Gasteiger partial charge in [0.15, 0.2) is 0 Å². The van der Waals surface area contributed by atoms with Gasteiger partial charge in [-0.25, -0.2) is 4.39 Å². The summed E-state index contributed by atoms with van der Waals surface area (Å²) >= 11 is 3.46. The molecule has 0 fully saturated rings. The van der Waals surface area contributed by atoms with Crippen molar-refractivity contribution < 1.29 is 4.39 Å². The summed E-state index contributed by atoms with van der Waals surface area (Å²) in [5.41, 5.74) is 8.06. The molecule has 0 aliphatic heterocycles. The first kappa shape index (κ1) is 14.2.